The molecular weight excluding hydrogens is 355 g/mol. The average Bonchev–Trinajstić information content (AvgIpc) is 2.80. The van der Waals surface area contributed by atoms with Gasteiger partial charge >= 0.3 is 0 Å². The van der Waals surface area contributed by atoms with Gasteiger partial charge in [0.15, 0.2) is 0 Å². The third-order valence-corrected chi connectivity index (χ3v) is 3.87. The largest absolute Gasteiger partial charge is 0.366 e. The number of nitrogens with two attached hydrogens (primary N) is 1. The Bertz CT molecular complexity index is 717. The molecule has 0 saturated carbocycles. The van der Waals surface area contributed by atoms with Crippen LogP contribution in [0.1, 0.15) is 0 Å². The van der Waals surface area contributed by atoms with Crippen LogP contribution in [0.5, 0.6) is 0 Å². The highest BCUT2D eigenvalue weighted by atomic mass is 127. The number of hydrogen-bond acceptors (Lipinski definition) is 3. The summed E-state index contributed by atoms with van der Waals surface area (Å²) in [6.45, 7) is 0.492. The Morgan fingerprint density at radius 1 is 1.47 bits per heavy atom. The van der Waals surface area contributed by atoms with Crippen LogP contribution in [-0.4, -0.2) is 22.6 Å². The molecule has 1 amide bonds. The van der Waals surface area contributed by atoms with Crippen LogP contribution in [0.3, 0.4) is 0 Å². The number of nitrogens with one attached hydrogen (secondary N) is 1. The predicted molar refractivity (Wildman–Crippen MR) is 82.6 cm³/mol. The fourth-order valence-corrected chi connectivity index (χ4v) is 2.59. The van der Waals surface area contributed by atoms with E-state index in [0.717, 1.165) is 20.3 Å². The summed E-state index contributed by atoms with van der Waals surface area (Å²) in [6.07, 6.45) is 5.51. The molecule has 3 N–H and O–H groups in total. The quantitative estimate of drug-likeness (QED) is 0.798. The molecule has 6 heteroatoms. The van der Waals surface area contributed by atoms with E-state index in [1.54, 1.807) is 6.08 Å². The van der Waals surface area contributed by atoms with Crippen molar-refractivity contribution >= 4 is 45.1 Å². The second-order valence-corrected chi connectivity index (χ2v) is 5.34. The Labute approximate surface area is 123 Å². The van der Waals surface area contributed by atoms with Gasteiger partial charge in [-0.15, -0.1) is 0 Å². The van der Waals surface area contributed by atoms with Crippen molar-refractivity contribution in [3.8, 4) is 0 Å². The molecule has 0 unspecified atom stereocenters. The Hall–Kier alpha value is -1.83. The van der Waals surface area contributed by atoms with E-state index in [4.69, 9.17) is 5.73 Å². The first-order valence-electron chi connectivity index (χ1n) is 5.72. The molecule has 1 aliphatic rings. The Morgan fingerprint density at radius 2 is 2.32 bits per heavy atom. The maximum atomic E-state index is 11.2. The van der Waals surface area contributed by atoms with Crippen molar-refractivity contribution < 1.29 is 4.79 Å². The summed E-state index contributed by atoms with van der Waals surface area (Å²) in [4.78, 5) is 13.2. The number of hydrogen-bond donors (Lipinski definition) is 2. The van der Waals surface area contributed by atoms with Crippen LogP contribution >= 0.6 is 22.6 Å². The normalized spacial score (nSPS) is 14.8. The number of primary amides is 1. The number of carbonyl (C=O) groups excluding carboxylic acids is 1. The summed E-state index contributed by atoms with van der Waals surface area (Å²) < 4.78 is 1.00. The Morgan fingerprint density at radius 3 is 3.11 bits per heavy atom. The van der Waals surface area contributed by atoms with Gasteiger partial charge in [-0.05, 0) is 46.9 Å². The van der Waals surface area contributed by atoms with Crippen molar-refractivity contribution in [3.05, 3.63) is 45.8 Å². The number of aromatic nitrogens is 2. The first-order chi connectivity index (χ1) is 9.15. The van der Waals surface area contributed by atoms with E-state index in [2.05, 4.69) is 38.9 Å². The fraction of sp³-hybridized carbons (Fsp3) is 0.0769. The second kappa shape index (κ2) is 4.69. The summed E-state index contributed by atoms with van der Waals surface area (Å²) in [5.41, 5.74) is 7.86. The summed E-state index contributed by atoms with van der Waals surface area (Å²) >= 11 is 2.22. The molecule has 0 bridgehead atoms. The number of rotatable bonds is 2. The lowest BCUT2D eigenvalue weighted by molar-refractivity contribution is -0.114. The highest BCUT2D eigenvalue weighted by Gasteiger charge is 2.14. The van der Waals surface area contributed by atoms with Crippen LogP contribution in [0.25, 0.3) is 10.9 Å². The van der Waals surface area contributed by atoms with Crippen LogP contribution in [0.2, 0.25) is 0 Å². The van der Waals surface area contributed by atoms with Gasteiger partial charge in [-0.25, -0.2) is 0 Å². The molecule has 0 saturated heterocycles. The molecule has 1 aromatic carbocycles. The first-order valence-corrected chi connectivity index (χ1v) is 6.80. The molecule has 0 spiro atoms. The Balaban J connectivity index is 1.97. The first kappa shape index (κ1) is 12.2. The van der Waals surface area contributed by atoms with Crippen molar-refractivity contribution in [1.82, 2.24) is 10.2 Å². The van der Waals surface area contributed by atoms with Gasteiger partial charge in [-0.1, -0.05) is 6.08 Å². The summed E-state index contributed by atoms with van der Waals surface area (Å²) in [7, 11) is 0. The number of benzene rings is 1. The van der Waals surface area contributed by atoms with Crippen LogP contribution in [-0.2, 0) is 4.79 Å². The summed E-state index contributed by atoms with van der Waals surface area (Å²) in [5, 5.41) is 8.21. The molecule has 0 radical (unpaired) electrons. The van der Waals surface area contributed by atoms with E-state index in [-0.39, 0.29) is 5.91 Å². The van der Waals surface area contributed by atoms with Gasteiger partial charge in [0.2, 0.25) is 5.91 Å². The van der Waals surface area contributed by atoms with E-state index in [1.165, 1.54) is 0 Å². The number of amides is 1. The lowest BCUT2D eigenvalue weighted by Crippen LogP contribution is -2.28. The molecule has 2 aromatic rings. The molecule has 2 heterocycles. The molecule has 5 nitrogen and oxygen atoms in total. The third-order valence-electron chi connectivity index (χ3n) is 3.04. The van der Waals surface area contributed by atoms with Gasteiger partial charge in [0.1, 0.15) is 3.70 Å². The molecule has 1 aromatic heterocycles. The summed E-state index contributed by atoms with van der Waals surface area (Å²) in [6, 6.07) is 5.99. The average molecular weight is 366 g/mol. The van der Waals surface area contributed by atoms with E-state index >= 15 is 0 Å². The van der Waals surface area contributed by atoms with Gasteiger partial charge in [0.25, 0.3) is 0 Å². The van der Waals surface area contributed by atoms with Gasteiger partial charge in [0, 0.05) is 22.8 Å². The zero-order chi connectivity index (χ0) is 13.4. The lowest BCUT2D eigenvalue weighted by Gasteiger charge is -2.23. The Kier molecular flexibility index (Phi) is 3.02. The van der Waals surface area contributed by atoms with Crippen molar-refractivity contribution in [2.75, 3.05) is 11.4 Å². The van der Waals surface area contributed by atoms with Crippen LogP contribution in [0.4, 0.5) is 5.69 Å². The molecule has 0 aliphatic carbocycles. The maximum Gasteiger partial charge on any atom is 0.246 e. The number of allylic oxidation sites excluding steroid dienone is 2. The minimum Gasteiger partial charge on any atom is -0.366 e. The standard InChI is InChI=1S/C13H11IN4O/c14-12-10-6-9(3-4-11(10)16-17-12)18-5-1-2-8(7-18)13(15)19/h1-6H,7H2,(H2,15,19)(H,16,17). The van der Waals surface area contributed by atoms with Gasteiger partial charge in [-0.2, -0.15) is 5.10 Å². The van der Waals surface area contributed by atoms with Crippen molar-refractivity contribution in [2.24, 2.45) is 5.73 Å². The minimum atomic E-state index is -0.381. The fourth-order valence-electron chi connectivity index (χ4n) is 2.03. The summed E-state index contributed by atoms with van der Waals surface area (Å²) in [5.74, 6) is -0.381. The number of nitrogens with zero attached hydrogens (tertiary/aromatic N) is 2. The van der Waals surface area contributed by atoms with Crippen LogP contribution in [0, 0.1) is 3.70 Å². The topological polar surface area (TPSA) is 75.0 Å². The number of halogens is 1. The van der Waals surface area contributed by atoms with E-state index < -0.39 is 0 Å². The minimum absolute atomic E-state index is 0.381. The lowest BCUT2D eigenvalue weighted by atomic mass is 10.1. The monoisotopic (exact) mass is 366 g/mol. The van der Waals surface area contributed by atoms with Gasteiger partial charge < -0.3 is 10.6 Å². The number of anilines is 1. The van der Waals surface area contributed by atoms with Crippen molar-refractivity contribution in [2.45, 2.75) is 0 Å². The zero-order valence-electron chi connectivity index (χ0n) is 9.93. The van der Waals surface area contributed by atoms with E-state index in [9.17, 15) is 4.79 Å². The predicted octanol–water partition coefficient (Wildman–Crippen LogP) is 1.91. The number of fused-ring (bicyclic) bond motifs is 1. The molecule has 96 valence electrons. The SMILES string of the molecule is NC(=O)C1=CC=CN(c2ccc3n[nH]c(I)c3c2)C1. The van der Waals surface area contributed by atoms with Gasteiger partial charge in [0.05, 0.1) is 12.1 Å². The van der Waals surface area contributed by atoms with Crippen LogP contribution in [0.15, 0.2) is 42.1 Å². The number of aromatic amines is 1. The highest BCUT2D eigenvalue weighted by molar-refractivity contribution is 14.1. The third kappa shape index (κ3) is 2.23. The highest BCUT2D eigenvalue weighted by Crippen LogP contribution is 2.26. The second-order valence-electron chi connectivity index (χ2n) is 4.26. The molecule has 0 atom stereocenters. The molecule has 0 fully saturated rings. The van der Waals surface area contributed by atoms with Crippen LogP contribution < -0.4 is 10.6 Å². The van der Waals surface area contributed by atoms with E-state index in [0.29, 0.717) is 12.1 Å². The molecule has 19 heavy (non-hydrogen) atoms. The molecule has 1 aliphatic heterocycles. The maximum absolute atomic E-state index is 11.2. The van der Waals surface area contributed by atoms with Gasteiger partial charge in [-0.3, -0.25) is 9.89 Å². The number of carbonyl (C=O) groups is 1. The molecule has 3 rings (SSSR count). The zero-order valence-corrected chi connectivity index (χ0v) is 12.1. The van der Waals surface area contributed by atoms with E-state index in [1.807, 2.05) is 29.3 Å². The molecular formula is C13H11IN4O. The van der Waals surface area contributed by atoms with Crippen molar-refractivity contribution in [1.29, 1.82) is 0 Å². The van der Waals surface area contributed by atoms with Crippen molar-refractivity contribution in [3.63, 3.8) is 0 Å². The smallest absolute Gasteiger partial charge is 0.246 e. The number of H-pyrrole nitrogens is 1.